The molecule has 2 aliphatic rings. The van der Waals surface area contributed by atoms with E-state index in [-0.39, 0.29) is 10.8 Å². The summed E-state index contributed by atoms with van der Waals surface area (Å²) >= 11 is 3.67. The minimum atomic E-state index is -0.295. The summed E-state index contributed by atoms with van der Waals surface area (Å²) in [5.41, 5.74) is 11.9. The van der Waals surface area contributed by atoms with Gasteiger partial charge in [0.2, 0.25) is 0 Å². The Morgan fingerprint density at radius 3 is 1.76 bits per heavy atom. The molecule has 2 aliphatic carbocycles. The van der Waals surface area contributed by atoms with E-state index in [4.69, 9.17) is 9.97 Å². The van der Waals surface area contributed by atoms with Crippen molar-refractivity contribution in [3.8, 4) is 22.5 Å². The molecule has 0 fully saturated rings. The second-order valence-corrected chi connectivity index (χ2v) is 13.4. The van der Waals surface area contributed by atoms with E-state index >= 15 is 0 Å². The highest BCUT2D eigenvalue weighted by atomic mass is 79.9. The summed E-state index contributed by atoms with van der Waals surface area (Å²) in [6.45, 7) is 9.09. The number of halogens is 1. The predicted octanol–water partition coefficient (Wildman–Crippen LogP) is 10.5. The predicted molar refractivity (Wildman–Crippen MR) is 177 cm³/mol. The van der Waals surface area contributed by atoms with Gasteiger partial charge in [-0.2, -0.15) is 0 Å². The van der Waals surface area contributed by atoms with Crippen molar-refractivity contribution >= 4 is 43.8 Å². The van der Waals surface area contributed by atoms with E-state index in [2.05, 4.69) is 158 Å². The van der Waals surface area contributed by atoms with Crippen LogP contribution in [0.2, 0.25) is 0 Å². The molecule has 4 heteroatoms. The molecule has 204 valence electrons. The van der Waals surface area contributed by atoms with E-state index in [9.17, 15) is 0 Å². The second-order valence-electron chi connectivity index (χ2n) is 12.5. The van der Waals surface area contributed by atoms with Crippen LogP contribution in [0.1, 0.15) is 50.2 Å². The lowest BCUT2D eigenvalue weighted by molar-refractivity contribution is 0.617. The first-order chi connectivity index (χ1) is 20.2. The van der Waals surface area contributed by atoms with E-state index in [1.165, 1.54) is 33.0 Å². The summed E-state index contributed by atoms with van der Waals surface area (Å²) < 4.78 is 1.09. The monoisotopic (exact) mass is 607 g/mol. The lowest BCUT2D eigenvalue weighted by atomic mass is 9.84. The highest BCUT2D eigenvalue weighted by Crippen LogP contribution is 2.54. The van der Waals surface area contributed by atoms with Crippen LogP contribution in [0.4, 0.5) is 17.1 Å². The Hall–Kier alpha value is -4.28. The number of benzene rings is 5. The Balaban J connectivity index is 1.30. The third kappa shape index (κ3) is 3.58. The van der Waals surface area contributed by atoms with Gasteiger partial charge in [0, 0.05) is 43.5 Å². The zero-order valence-corrected chi connectivity index (χ0v) is 25.7. The Morgan fingerprint density at radius 1 is 0.524 bits per heavy atom. The first-order valence-corrected chi connectivity index (χ1v) is 15.2. The van der Waals surface area contributed by atoms with Crippen LogP contribution in [-0.4, -0.2) is 9.97 Å². The van der Waals surface area contributed by atoms with Gasteiger partial charge in [0.05, 0.1) is 22.8 Å². The maximum absolute atomic E-state index is 5.40. The van der Waals surface area contributed by atoms with E-state index < -0.39 is 0 Å². The fourth-order valence-corrected chi connectivity index (χ4v) is 7.27. The first-order valence-electron chi connectivity index (χ1n) is 14.5. The van der Waals surface area contributed by atoms with Crippen LogP contribution in [0.25, 0.3) is 33.3 Å². The van der Waals surface area contributed by atoms with Crippen molar-refractivity contribution in [2.75, 3.05) is 4.90 Å². The molecule has 0 N–H and O–H groups in total. The average molecular weight is 609 g/mol. The fraction of sp³-hybridized carbons (Fsp3) is 0.158. The highest BCUT2D eigenvalue weighted by Gasteiger charge is 2.44. The average Bonchev–Trinajstić information content (AvgIpc) is 3.35. The first kappa shape index (κ1) is 25.4. The number of nitrogens with zero attached hydrogens (tertiary/aromatic N) is 3. The molecule has 0 saturated heterocycles. The van der Waals surface area contributed by atoms with Gasteiger partial charge in [-0.3, -0.25) is 0 Å². The van der Waals surface area contributed by atoms with Crippen LogP contribution < -0.4 is 4.90 Å². The van der Waals surface area contributed by atoms with E-state index in [1.54, 1.807) is 0 Å². The molecule has 0 amide bonds. The van der Waals surface area contributed by atoms with Crippen LogP contribution in [0.15, 0.2) is 114 Å². The Bertz CT molecular complexity index is 2060. The molecule has 0 atom stereocenters. The Kier molecular flexibility index (Phi) is 5.36. The summed E-state index contributed by atoms with van der Waals surface area (Å²) in [6.07, 6.45) is 0. The van der Waals surface area contributed by atoms with Crippen molar-refractivity contribution in [3.63, 3.8) is 0 Å². The number of aromatic nitrogens is 2. The van der Waals surface area contributed by atoms with Gasteiger partial charge < -0.3 is 4.90 Å². The zero-order chi connectivity index (χ0) is 28.8. The molecule has 3 nitrogen and oxygen atoms in total. The maximum atomic E-state index is 5.40. The van der Waals surface area contributed by atoms with Gasteiger partial charge >= 0.3 is 0 Å². The van der Waals surface area contributed by atoms with E-state index in [0.717, 1.165) is 44.3 Å². The van der Waals surface area contributed by atoms with E-state index in [0.29, 0.717) is 0 Å². The van der Waals surface area contributed by atoms with Crippen LogP contribution in [0, 0.1) is 0 Å². The smallest absolute Gasteiger partial charge is 0.0933 e. The van der Waals surface area contributed by atoms with Crippen molar-refractivity contribution in [1.29, 1.82) is 0 Å². The highest BCUT2D eigenvalue weighted by molar-refractivity contribution is 9.10. The Labute approximate surface area is 255 Å². The van der Waals surface area contributed by atoms with Crippen LogP contribution in [0.3, 0.4) is 0 Å². The molecular formula is C38H30BrN3. The lowest BCUT2D eigenvalue weighted by Crippen LogP contribution is -2.20. The molecule has 0 bridgehead atoms. The number of hydrogen-bond donors (Lipinski definition) is 0. The SMILES string of the molecule is CC1(C)c2cc(Br)ccc2-c2nc3c(nc21)-c1ccc(N(c2ccccc2)c2ccc4ccccc4c2)cc1C3(C)C. The van der Waals surface area contributed by atoms with Crippen LogP contribution >= 0.6 is 15.9 Å². The third-order valence-corrected chi connectivity index (χ3v) is 9.68. The summed E-state index contributed by atoms with van der Waals surface area (Å²) in [5.74, 6) is 0. The number of anilines is 3. The van der Waals surface area contributed by atoms with Crippen molar-refractivity contribution < 1.29 is 0 Å². The quantitative estimate of drug-likeness (QED) is 0.200. The molecule has 0 spiro atoms. The van der Waals surface area contributed by atoms with Gasteiger partial charge in [0.1, 0.15) is 0 Å². The topological polar surface area (TPSA) is 29.0 Å². The summed E-state index contributed by atoms with van der Waals surface area (Å²) in [7, 11) is 0. The van der Waals surface area contributed by atoms with Crippen molar-refractivity contribution in [2.24, 2.45) is 0 Å². The Morgan fingerprint density at radius 2 is 1.07 bits per heavy atom. The minimum Gasteiger partial charge on any atom is -0.310 e. The molecular weight excluding hydrogens is 578 g/mol. The number of fused-ring (bicyclic) bond motifs is 7. The van der Waals surface area contributed by atoms with Crippen LogP contribution in [0.5, 0.6) is 0 Å². The molecule has 1 aromatic heterocycles. The van der Waals surface area contributed by atoms with Crippen molar-refractivity contribution in [3.05, 3.63) is 136 Å². The zero-order valence-electron chi connectivity index (χ0n) is 24.1. The molecule has 42 heavy (non-hydrogen) atoms. The van der Waals surface area contributed by atoms with Gasteiger partial charge in [-0.1, -0.05) is 104 Å². The summed E-state index contributed by atoms with van der Waals surface area (Å²) in [6, 6.07) is 39.2. The maximum Gasteiger partial charge on any atom is 0.0933 e. The molecule has 8 rings (SSSR count). The van der Waals surface area contributed by atoms with E-state index in [1.807, 2.05) is 0 Å². The fourth-order valence-electron chi connectivity index (χ4n) is 6.91. The number of para-hydroxylation sites is 1. The molecule has 5 aromatic carbocycles. The molecule has 0 unspecified atom stereocenters. The standard InChI is InChI=1S/C38H30BrN3/c1-37(2)31-21-25(39)15-18-29(31)33-35(37)41-34-30-19-17-28(22-32(30)38(3,4)36(34)40-33)42(26-12-6-5-7-13-26)27-16-14-23-10-8-9-11-24(23)20-27/h5-22H,1-4H3. The van der Waals surface area contributed by atoms with Gasteiger partial charge in [-0.05, 0) is 70.4 Å². The molecule has 0 radical (unpaired) electrons. The van der Waals surface area contributed by atoms with Crippen LogP contribution in [-0.2, 0) is 10.8 Å². The van der Waals surface area contributed by atoms with Gasteiger partial charge in [0.15, 0.2) is 0 Å². The molecule has 0 saturated carbocycles. The lowest BCUT2D eigenvalue weighted by Gasteiger charge is -2.28. The van der Waals surface area contributed by atoms with Gasteiger partial charge in [0.25, 0.3) is 0 Å². The van der Waals surface area contributed by atoms with Gasteiger partial charge in [-0.15, -0.1) is 0 Å². The summed E-state index contributed by atoms with van der Waals surface area (Å²) in [5, 5.41) is 2.46. The molecule has 6 aromatic rings. The second kappa shape index (κ2) is 8.86. The largest absolute Gasteiger partial charge is 0.310 e. The normalized spacial score (nSPS) is 15.2. The molecule has 0 aliphatic heterocycles. The van der Waals surface area contributed by atoms with Crippen molar-refractivity contribution in [1.82, 2.24) is 9.97 Å². The summed E-state index contributed by atoms with van der Waals surface area (Å²) in [4.78, 5) is 13.2. The number of hydrogen-bond acceptors (Lipinski definition) is 3. The molecule has 1 heterocycles. The minimum absolute atomic E-state index is 0.219. The number of rotatable bonds is 3. The van der Waals surface area contributed by atoms with Gasteiger partial charge in [-0.25, -0.2) is 9.97 Å². The van der Waals surface area contributed by atoms with Crippen molar-refractivity contribution in [2.45, 2.75) is 38.5 Å². The third-order valence-electron chi connectivity index (χ3n) is 9.19.